The van der Waals surface area contributed by atoms with E-state index in [0.717, 1.165) is 24.9 Å². The molecule has 1 atom stereocenters. The Morgan fingerprint density at radius 3 is 2.35 bits per heavy atom. The summed E-state index contributed by atoms with van der Waals surface area (Å²) in [5, 5.41) is 14.3. The van der Waals surface area contributed by atoms with Crippen LogP contribution in [0.2, 0.25) is 0 Å². The monoisotopic (exact) mass is 424 g/mol. The van der Waals surface area contributed by atoms with Gasteiger partial charge in [-0.3, -0.25) is 4.90 Å². The Morgan fingerprint density at radius 1 is 1.00 bits per heavy atom. The molecule has 2 aromatic carbocycles. The van der Waals surface area contributed by atoms with Crippen LogP contribution >= 0.6 is 0 Å². The van der Waals surface area contributed by atoms with Gasteiger partial charge in [0.25, 0.3) is 0 Å². The normalized spacial score (nSPS) is 17.2. The molecule has 2 aliphatic carbocycles. The van der Waals surface area contributed by atoms with Crippen LogP contribution in [-0.4, -0.2) is 49.5 Å². The second-order valence-corrected chi connectivity index (χ2v) is 9.21. The highest BCUT2D eigenvalue weighted by Crippen LogP contribution is 2.44. The van der Waals surface area contributed by atoms with Gasteiger partial charge in [-0.25, -0.2) is 0 Å². The molecule has 31 heavy (non-hydrogen) atoms. The van der Waals surface area contributed by atoms with Crippen LogP contribution < -0.4 is 14.8 Å². The summed E-state index contributed by atoms with van der Waals surface area (Å²) in [6, 6.07) is 17.1. The van der Waals surface area contributed by atoms with Crippen molar-refractivity contribution in [3.05, 3.63) is 59.7 Å². The first-order valence-electron chi connectivity index (χ1n) is 11.6. The summed E-state index contributed by atoms with van der Waals surface area (Å²) in [4.78, 5) is 2.11. The van der Waals surface area contributed by atoms with E-state index in [0.29, 0.717) is 24.1 Å². The van der Waals surface area contributed by atoms with Gasteiger partial charge in [0.1, 0.15) is 12.7 Å². The molecule has 2 N–H and O–H groups in total. The highest BCUT2D eigenvalue weighted by atomic mass is 16.5. The fraction of sp³-hybridized carbons (Fsp3) is 0.538. The Morgan fingerprint density at radius 2 is 1.71 bits per heavy atom. The Kier molecular flexibility index (Phi) is 7.49. The molecule has 0 aromatic heterocycles. The van der Waals surface area contributed by atoms with Crippen LogP contribution in [-0.2, 0) is 13.1 Å². The summed E-state index contributed by atoms with van der Waals surface area (Å²) in [6.07, 6.45) is 4.93. The molecule has 2 fully saturated rings. The standard InChI is InChI=1S/C26H36N2O3/c1-28(16-19-6-4-3-5-7-19)17-23(29)18-31-25-14-20(8-13-24(25)30-2)15-27-26(21-9-10-21)22-11-12-22/h3-8,13-14,21-23,26-27,29H,9-12,15-18H2,1-2H3. The molecule has 0 radical (unpaired) electrons. The average molecular weight is 425 g/mol. The van der Waals surface area contributed by atoms with Gasteiger partial charge in [-0.15, -0.1) is 0 Å². The molecule has 0 spiro atoms. The summed E-state index contributed by atoms with van der Waals surface area (Å²) in [5.74, 6) is 3.16. The van der Waals surface area contributed by atoms with Gasteiger partial charge in [-0.2, -0.15) is 0 Å². The number of benzene rings is 2. The molecule has 1 unspecified atom stereocenters. The zero-order valence-electron chi connectivity index (χ0n) is 18.8. The number of nitrogens with zero attached hydrogens (tertiary/aromatic N) is 1. The second-order valence-electron chi connectivity index (χ2n) is 9.21. The number of rotatable bonds is 13. The zero-order valence-corrected chi connectivity index (χ0v) is 18.8. The van der Waals surface area contributed by atoms with Crippen molar-refractivity contribution in [3.63, 3.8) is 0 Å². The average Bonchev–Trinajstić information content (AvgIpc) is 3.68. The molecule has 2 aliphatic rings. The van der Waals surface area contributed by atoms with Crippen molar-refractivity contribution in [1.29, 1.82) is 0 Å². The number of aliphatic hydroxyl groups excluding tert-OH is 1. The lowest BCUT2D eigenvalue weighted by Gasteiger charge is -2.22. The number of likely N-dealkylation sites (N-methyl/N-ethyl adjacent to an activating group) is 1. The molecule has 0 saturated heterocycles. The van der Waals surface area contributed by atoms with E-state index >= 15 is 0 Å². The van der Waals surface area contributed by atoms with E-state index in [1.165, 1.54) is 36.8 Å². The highest BCUT2D eigenvalue weighted by molar-refractivity contribution is 5.43. The lowest BCUT2D eigenvalue weighted by Crippen LogP contribution is -2.33. The van der Waals surface area contributed by atoms with Crippen molar-refractivity contribution in [2.24, 2.45) is 11.8 Å². The van der Waals surface area contributed by atoms with Crippen LogP contribution in [0, 0.1) is 11.8 Å². The Labute approximate surface area is 186 Å². The van der Waals surface area contributed by atoms with Crippen molar-refractivity contribution in [1.82, 2.24) is 10.2 Å². The summed E-state index contributed by atoms with van der Waals surface area (Å²) >= 11 is 0. The fourth-order valence-corrected chi connectivity index (χ4v) is 4.37. The molecular weight excluding hydrogens is 388 g/mol. The van der Waals surface area contributed by atoms with Crippen LogP contribution in [0.5, 0.6) is 11.5 Å². The first kappa shape index (κ1) is 22.1. The van der Waals surface area contributed by atoms with Crippen molar-refractivity contribution in [2.45, 2.75) is 50.9 Å². The number of hydrogen-bond donors (Lipinski definition) is 2. The van der Waals surface area contributed by atoms with Gasteiger partial charge in [0.05, 0.1) is 7.11 Å². The number of hydrogen-bond acceptors (Lipinski definition) is 5. The van der Waals surface area contributed by atoms with Gasteiger partial charge in [0.15, 0.2) is 11.5 Å². The highest BCUT2D eigenvalue weighted by Gasteiger charge is 2.40. The van der Waals surface area contributed by atoms with E-state index in [1.807, 2.05) is 37.4 Å². The van der Waals surface area contributed by atoms with Crippen LogP contribution in [0.25, 0.3) is 0 Å². The first-order chi connectivity index (χ1) is 15.1. The van der Waals surface area contributed by atoms with Crippen molar-refractivity contribution >= 4 is 0 Å². The molecule has 0 amide bonds. The quantitative estimate of drug-likeness (QED) is 0.512. The van der Waals surface area contributed by atoms with E-state index in [2.05, 4.69) is 28.4 Å². The zero-order chi connectivity index (χ0) is 21.6. The van der Waals surface area contributed by atoms with Crippen LogP contribution in [0.1, 0.15) is 36.8 Å². The number of aliphatic hydroxyl groups is 1. The van der Waals surface area contributed by atoms with Gasteiger partial charge in [-0.05, 0) is 67.8 Å². The minimum atomic E-state index is -0.575. The van der Waals surface area contributed by atoms with E-state index in [9.17, 15) is 5.11 Å². The SMILES string of the molecule is COc1ccc(CNC(C2CC2)C2CC2)cc1OCC(O)CN(C)Cc1ccccc1. The molecule has 168 valence electrons. The minimum absolute atomic E-state index is 0.235. The largest absolute Gasteiger partial charge is 0.493 e. The van der Waals surface area contributed by atoms with E-state index in [4.69, 9.17) is 9.47 Å². The van der Waals surface area contributed by atoms with Crippen molar-refractivity contribution in [3.8, 4) is 11.5 Å². The third-order valence-corrected chi connectivity index (χ3v) is 6.28. The third-order valence-electron chi connectivity index (χ3n) is 6.28. The summed E-state index contributed by atoms with van der Waals surface area (Å²) in [6.45, 7) is 2.42. The molecule has 2 saturated carbocycles. The Hall–Kier alpha value is -2.08. The lowest BCUT2D eigenvalue weighted by atomic mass is 10.1. The van der Waals surface area contributed by atoms with Gasteiger partial charge in [0.2, 0.25) is 0 Å². The van der Waals surface area contributed by atoms with Crippen LogP contribution in [0.3, 0.4) is 0 Å². The smallest absolute Gasteiger partial charge is 0.161 e. The Bertz CT molecular complexity index is 809. The minimum Gasteiger partial charge on any atom is -0.493 e. The third kappa shape index (κ3) is 6.70. The van der Waals surface area contributed by atoms with Crippen molar-refractivity contribution in [2.75, 3.05) is 27.3 Å². The van der Waals surface area contributed by atoms with E-state index in [-0.39, 0.29) is 6.61 Å². The Balaban J connectivity index is 1.27. The maximum atomic E-state index is 10.5. The molecule has 0 bridgehead atoms. The summed E-state index contributed by atoms with van der Waals surface area (Å²) in [7, 11) is 3.67. The predicted molar refractivity (Wildman–Crippen MR) is 123 cm³/mol. The van der Waals surface area contributed by atoms with Gasteiger partial charge < -0.3 is 19.9 Å². The van der Waals surface area contributed by atoms with Crippen LogP contribution in [0.15, 0.2) is 48.5 Å². The second kappa shape index (κ2) is 10.5. The molecule has 5 nitrogen and oxygen atoms in total. The maximum Gasteiger partial charge on any atom is 0.161 e. The fourth-order valence-electron chi connectivity index (χ4n) is 4.37. The maximum absolute atomic E-state index is 10.5. The summed E-state index contributed by atoms with van der Waals surface area (Å²) < 4.78 is 11.5. The number of nitrogens with one attached hydrogen (secondary N) is 1. The number of methoxy groups -OCH3 is 1. The topological polar surface area (TPSA) is 54.0 Å². The molecule has 0 aliphatic heterocycles. The van der Waals surface area contributed by atoms with Crippen LogP contribution in [0.4, 0.5) is 0 Å². The summed E-state index contributed by atoms with van der Waals surface area (Å²) in [5.41, 5.74) is 2.42. The predicted octanol–water partition coefficient (Wildman–Crippen LogP) is 3.85. The lowest BCUT2D eigenvalue weighted by molar-refractivity contribution is 0.0732. The van der Waals surface area contributed by atoms with Gasteiger partial charge in [-0.1, -0.05) is 36.4 Å². The molecule has 0 heterocycles. The molecular formula is C26H36N2O3. The molecule has 2 aromatic rings. The van der Waals surface area contributed by atoms with E-state index in [1.54, 1.807) is 7.11 Å². The molecule has 5 heteroatoms. The number of ether oxygens (including phenoxy) is 2. The van der Waals surface area contributed by atoms with Crippen molar-refractivity contribution < 1.29 is 14.6 Å². The van der Waals surface area contributed by atoms with Gasteiger partial charge in [0, 0.05) is 25.7 Å². The van der Waals surface area contributed by atoms with E-state index < -0.39 is 6.10 Å². The van der Waals surface area contributed by atoms with Gasteiger partial charge >= 0.3 is 0 Å². The molecule has 4 rings (SSSR count). The first-order valence-corrected chi connectivity index (χ1v) is 11.6.